The molecule has 0 spiro atoms. The summed E-state index contributed by atoms with van der Waals surface area (Å²) < 4.78 is 0. The molecule has 1 aliphatic rings. The van der Waals surface area contributed by atoms with Crippen molar-refractivity contribution in [3.63, 3.8) is 0 Å². The number of hydrogen-bond donors (Lipinski definition) is 1. The molecule has 0 unspecified atom stereocenters. The first kappa shape index (κ1) is 20.6. The number of anilines is 3. The van der Waals surface area contributed by atoms with Crippen LogP contribution in [0, 0.1) is 0 Å². The van der Waals surface area contributed by atoms with Crippen LogP contribution in [0.4, 0.5) is 17.3 Å². The average Bonchev–Trinajstić information content (AvgIpc) is 2.76. The van der Waals surface area contributed by atoms with Gasteiger partial charge in [-0.05, 0) is 44.2 Å². The molecule has 1 N–H and O–H groups in total. The molecule has 8 heteroatoms. The SMILES string of the molecule is CCN(CC)c1ccc(NC(=O)CC(=O)N2CCN(c3ncccn3)CC2)cc1. The highest BCUT2D eigenvalue weighted by atomic mass is 16.2. The Kier molecular flexibility index (Phi) is 6.99. The van der Waals surface area contributed by atoms with Crippen LogP contribution in [0.15, 0.2) is 42.7 Å². The number of nitrogens with one attached hydrogen (secondary N) is 1. The molecule has 0 bridgehead atoms. The van der Waals surface area contributed by atoms with Crippen molar-refractivity contribution in [2.45, 2.75) is 20.3 Å². The number of benzene rings is 1. The maximum atomic E-state index is 12.5. The Morgan fingerprint density at radius 3 is 2.21 bits per heavy atom. The Hall–Kier alpha value is -3.16. The molecule has 1 fully saturated rings. The molecule has 1 aromatic heterocycles. The van der Waals surface area contributed by atoms with Crippen molar-refractivity contribution in [2.24, 2.45) is 0 Å². The highest BCUT2D eigenvalue weighted by Gasteiger charge is 2.23. The van der Waals surface area contributed by atoms with Gasteiger partial charge in [0.2, 0.25) is 17.8 Å². The van der Waals surface area contributed by atoms with Crippen LogP contribution in [-0.4, -0.2) is 66.0 Å². The molecule has 1 aromatic carbocycles. The Labute approximate surface area is 171 Å². The second kappa shape index (κ2) is 9.86. The van der Waals surface area contributed by atoms with Crippen LogP contribution in [0.2, 0.25) is 0 Å². The van der Waals surface area contributed by atoms with Gasteiger partial charge < -0.3 is 20.0 Å². The summed E-state index contributed by atoms with van der Waals surface area (Å²) in [5, 5.41) is 2.81. The zero-order valence-electron chi connectivity index (χ0n) is 17.0. The average molecular weight is 396 g/mol. The van der Waals surface area contributed by atoms with E-state index in [1.54, 1.807) is 23.4 Å². The minimum atomic E-state index is -0.292. The summed E-state index contributed by atoms with van der Waals surface area (Å²) in [6, 6.07) is 9.48. The molecule has 2 amide bonds. The lowest BCUT2D eigenvalue weighted by molar-refractivity contribution is -0.134. The first-order valence-electron chi connectivity index (χ1n) is 10.0. The lowest BCUT2D eigenvalue weighted by Crippen LogP contribution is -2.49. The van der Waals surface area contributed by atoms with Crippen molar-refractivity contribution >= 4 is 29.1 Å². The maximum Gasteiger partial charge on any atom is 0.233 e. The lowest BCUT2D eigenvalue weighted by atomic mass is 10.2. The van der Waals surface area contributed by atoms with E-state index in [0.29, 0.717) is 37.8 Å². The number of nitrogens with zero attached hydrogens (tertiary/aromatic N) is 5. The zero-order valence-corrected chi connectivity index (χ0v) is 17.0. The smallest absolute Gasteiger partial charge is 0.233 e. The van der Waals surface area contributed by atoms with E-state index in [0.717, 1.165) is 18.8 Å². The van der Waals surface area contributed by atoms with Crippen molar-refractivity contribution in [1.82, 2.24) is 14.9 Å². The maximum absolute atomic E-state index is 12.5. The predicted octanol–water partition coefficient (Wildman–Crippen LogP) is 2.00. The second-order valence-electron chi connectivity index (χ2n) is 6.86. The fourth-order valence-electron chi connectivity index (χ4n) is 3.41. The summed E-state index contributed by atoms with van der Waals surface area (Å²) in [5.74, 6) is 0.223. The molecule has 0 atom stereocenters. The van der Waals surface area contributed by atoms with Gasteiger partial charge in [0.05, 0.1) is 0 Å². The number of aromatic nitrogens is 2. The number of amides is 2. The molecule has 2 aromatic rings. The minimum Gasteiger partial charge on any atom is -0.372 e. The molecular formula is C21H28N6O2. The van der Waals surface area contributed by atoms with Crippen LogP contribution >= 0.6 is 0 Å². The van der Waals surface area contributed by atoms with E-state index >= 15 is 0 Å². The zero-order chi connectivity index (χ0) is 20.6. The Bertz CT molecular complexity index is 800. The summed E-state index contributed by atoms with van der Waals surface area (Å²) in [6.45, 7) is 8.51. The second-order valence-corrected chi connectivity index (χ2v) is 6.86. The first-order valence-corrected chi connectivity index (χ1v) is 10.0. The normalized spacial score (nSPS) is 13.9. The quantitative estimate of drug-likeness (QED) is 0.721. The predicted molar refractivity (Wildman–Crippen MR) is 114 cm³/mol. The molecule has 8 nitrogen and oxygen atoms in total. The molecule has 0 aliphatic carbocycles. The number of hydrogen-bond acceptors (Lipinski definition) is 6. The number of rotatable bonds is 7. The fraction of sp³-hybridized carbons (Fsp3) is 0.429. The lowest BCUT2D eigenvalue weighted by Gasteiger charge is -2.34. The first-order chi connectivity index (χ1) is 14.1. The summed E-state index contributed by atoms with van der Waals surface area (Å²) >= 11 is 0. The van der Waals surface area contributed by atoms with Gasteiger partial charge in [-0.15, -0.1) is 0 Å². The monoisotopic (exact) mass is 396 g/mol. The van der Waals surface area contributed by atoms with E-state index in [2.05, 4.69) is 34.0 Å². The van der Waals surface area contributed by atoms with Gasteiger partial charge in [0.15, 0.2) is 0 Å². The summed E-state index contributed by atoms with van der Waals surface area (Å²) in [5.41, 5.74) is 1.81. The third kappa shape index (κ3) is 5.43. The molecule has 0 radical (unpaired) electrons. The van der Waals surface area contributed by atoms with Crippen molar-refractivity contribution in [1.29, 1.82) is 0 Å². The molecule has 3 rings (SSSR count). The Morgan fingerprint density at radius 1 is 1.00 bits per heavy atom. The van der Waals surface area contributed by atoms with Gasteiger partial charge >= 0.3 is 0 Å². The van der Waals surface area contributed by atoms with Crippen LogP contribution in [-0.2, 0) is 9.59 Å². The van der Waals surface area contributed by atoms with Crippen LogP contribution < -0.4 is 15.1 Å². The van der Waals surface area contributed by atoms with E-state index in [-0.39, 0.29) is 18.2 Å². The van der Waals surface area contributed by atoms with E-state index in [4.69, 9.17) is 0 Å². The molecule has 2 heterocycles. The highest BCUT2D eigenvalue weighted by molar-refractivity contribution is 6.03. The minimum absolute atomic E-state index is 0.153. The van der Waals surface area contributed by atoms with Gasteiger partial charge in [-0.2, -0.15) is 0 Å². The molecule has 29 heavy (non-hydrogen) atoms. The van der Waals surface area contributed by atoms with Crippen LogP contribution in [0.25, 0.3) is 0 Å². The molecule has 1 aliphatic heterocycles. The highest BCUT2D eigenvalue weighted by Crippen LogP contribution is 2.18. The van der Waals surface area contributed by atoms with Crippen molar-refractivity contribution < 1.29 is 9.59 Å². The van der Waals surface area contributed by atoms with E-state index in [1.807, 2.05) is 29.2 Å². The van der Waals surface area contributed by atoms with Crippen molar-refractivity contribution in [3.8, 4) is 0 Å². The van der Waals surface area contributed by atoms with Gasteiger partial charge in [-0.25, -0.2) is 9.97 Å². The summed E-state index contributed by atoms with van der Waals surface area (Å²) in [7, 11) is 0. The third-order valence-electron chi connectivity index (χ3n) is 5.06. The Balaban J connectivity index is 1.46. The van der Waals surface area contributed by atoms with Crippen LogP contribution in [0.3, 0.4) is 0 Å². The van der Waals surface area contributed by atoms with Gasteiger partial charge in [-0.3, -0.25) is 9.59 Å². The van der Waals surface area contributed by atoms with Crippen molar-refractivity contribution in [2.75, 3.05) is 54.4 Å². The van der Waals surface area contributed by atoms with E-state index < -0.39 is 0 Å². The third-order valence-corrected chi connectivity index (χ3v) is 5.06. The van der Waals surface area contributed by atoms with Gasteiger partial charge in [0.25, 0.3) is 0 Å². The molecule has 0 saturated carbocycles. The van der Waals surface area contributed by atoms with Crippen LogP contribution in [0.5, 0.6) is 0 Å². The standard InChI is InChI=1S/C21H28N6O2/c1-3-25(4-2)18-8-6-17(7-9-18)24-19(28)16-20(29)26-12-14-27(15-13-26)21-22-10-5-11-23-21/h5-11H,3-4,12-16H2,1-2H3,(H,24,28). The number of carbonyl (C=O) groups is 2. The fourth-order valence-corrected chi connectivity index (χ4v) is 3.41. The van der Waals surface area contributed by atoms with Crippen LogP contribution in [0.1, 0.15) is 20.3 Å². The van der Waals surface area contributed by atoms with E-state index in [9.17, 15) is 9.59 Å². The number of carbonyl (C=O) groups excluding carboxylic acids is 2. The molecule has 1 saturated heterocycles. The van der Waals surface area contributed by atoms with E-state index in [1.165, 1.54) is 0 Å². The molecular weight excluding hydrogens is 368 g/mol. The summed E-state index contributed by atoms with van der Waals surface area (Å²) in [4.78, 5) is 39.2. The number of piperazine rings is 1. The van der Waals surface area contributed by atoms with Gasteiger partial charge in [-0.1, -0.05) is 0 Å². The van der Waals surface area contributed by atoms with Gasteiger partial charge in [0, 0.05) is 63.0 Å². The molecule has 154 valence electrons. The topological polar surface area (TPSA) is 81.7 Å². The largest absolute Gasteiger partial charge is 0.372 e. The van der Waals surface area contributed by atoms with Gasteiger partial charge in [0.1, 0.15) is 6.42 Å². The van der Waals surface area contributed by atoms with Crippen molar-refractivity contribution in [3.05, 3.63) is 42.7 Å². The Morgan fingerprint density at radius 2 is 1.62 bits per heavy atom. The summed E-state index contributed by atoms with van der Waals surface area (Å²) in [6.07, 6.45) is 3.26.